The normalized spacial score (nSPS) is 16.5. The number of benzene rings is 4. The van der Waals surface area contributed by atoms with Crippen LogP contribution in [0.5, 0.6) is 0 Å². The number of aryl methyl sites for hydroxylation is 1. The molecule has 4 aromatic carbocycles. The largest absolute Gasteiger partial charge is 0.422 e. The van der Waals surface area contributed by atoms with Gasteiger partial charge >= 0.3 is 11.4 Å². The predicted molar refractivity (Wildman–Crippen MR) is 373 cm³/mol. The maximum Gasteiger partial charge on any atom is 0.422 e. The van der Waals surface area contributed by atoms with E-state index in [0.29, 0.717) is 68.9 Å². The lowest BCUT2D eigenvalue weighted by atomic mass is 9.51. The van der Waals surface area contributed by atoms with Crippen LogP contribution in [0.4, 0.5) is 17.1 Å². The number of aromatic nitrogens is 1. The standard InChI is InChI=1S/C72H99N13O12/c1-82(35-37-94-39-41-96-42-40-95-38-36-83(2)69(91)62-47-53(80-81-76)48-85(62)68(90)49-22-26-56-61(43-49)84(3)71(93)97-70(56)92)66(89)30-31-72-58-29-25-50(77-63(86)19-13-7-4-10-16-32-73)44-57(58)67(54-27-23-51(45-59(54)72)78-64(87)20-14-8-5-11-17-33-74)55-28-24-52(46-60(55)72)79-65(88)21-15-9-6-12-18-34-75/h22-29,43-46,53,62,67H,4-21,30-42,47-48,73-75H2,1-3H3,(H,77,86)(H,78,87)(H,79,88)/t53-,62-,67?,72?/m0/s1. The number of ether oxygens (including phenoxy) is 3. The molecule has 9 rings (SSSR count). The number of fused-ring (bicyclic) bond motifs is 1. The number of unbranched alkanes of at least 4 members (excludes halogenated alkanes) is 12. The average Bonchev–Trinajstić information content (AvgIpc) is 1.41. The minimum absolute atomic E-state index is 0.00861. The van der Waals surface area contributed by atoms with Gasteiger partial charge in [0.1, 0.15) is 6.04 Å². The highest BCUT2D eigenvalue weighted by Gasteiger charge is 2.52. The van der Waals surface area contributed by atoms with E-state index in [1.165, 1.54) is 35.0 Å². The molecule has 1 saturated heterocycles. The van der Waals surface area contributed by atoms with Crippen LogP contribution in [0.15, 0.2) is 91.9 Å². The number of nitrogens with one attached hydrogen (secondary N) is 3. The molecule has 5 aromatic rings. The fraction of sp³-hybridized carbons (Fsp3) is 0.556. The number of nitrogens with zero attached hydrogens (tertiary/aromatic N) is 7. The quantitative estimate of drug-likeness (QED) is 0.00921. The highest BCUT2D eigenvalue weighted by Crippen LogP contribution is 2.62. The van der Waals surface area contributed by atoms with Crippen LogP contribution in [0.25, 0.3) is 21.3 Å². The lowest BCUT2D eigenvalue weighted by Crippen LogP contribution is -2.47. The molecule has 2 atom stereocenters. The van der Waals surface area contributed by atoms with Crippen molar-refractivity contribution in [1.29, 1.82) is 0 Å². The number of nitrogens with two attached hydrogens (primary N) is 3. The summed E-state index contributed by atoms with van der Waals surface area (Å²) in [6.45, 7) is 3.86. The highest BCUT2D eigenvalue weighted by molar-refractivity contribution is 6.01. The van der Waals surface area contributed by atoms with Crippen molar-refractivity contribution in [1.82, 2.24) is 19.3 Å². The molecule has 0 saturated carbocycles. The molecule has 1 aromatic heterocycles. The second-order valence-electron chi connectivity index (χ2n) is 25.7. The van der Waals surface area contributed by atoms with Gasteiger partial charge in [0.2, 0.25) is 29.5 Å². The summed E-state index contributed by atoms with van der Waals surface area (Å²) in [6.07, 6.45) is 15.9. The second kappa shape index (κ2) is 37.4. The molecule has 97 heavy (non-hydrogen) atoms. The Labute approximate surface area is 567 Å². The number of hydrogen-bond acceptors (Lipinski definition) is 16. The van der Waals surface area contributed by atoms with Crippen LogP contribution in [0.3, 0.4) is 0 Å². The van der Waals surface area contributed by atoms with E-state index in [0.717, 1.165) is 134 Å². The third-order valence-corrected chi connectivity index (χ3v) is 18.9. The first kappa shape index (κ1) is 74.5. The second-order valence-corrected chi connectivity index (χ2v) is 25.7. The first-order valence-corrected chi connectivity index (χ1v) is 34.7. The lowest BCUT2D eigenvalue weighted by Gasteiger charge is -2.51. The molecule has 9 N–H and O–H groups in total. The highest BCUT2D eigenvalue weighted by atomic mass is 16.5. The van der Waals surface area contributed by atoms with Crippen molar-refractivity contribution in [2.45, 2.75) is 158 Å². The summed E-state index contributed by atoms with van der Waals surface area (Å²) in [5.74, 6) is -2.37. The van der Waals surface area contributed by atoms with E-state index >= 15 is 0 Å². The van der Waals surface area contributed by atoms with Gasteiger partial charge in [-0.05, 0) is 165 Å². The molecule has 25 nitrogen and oxygen atoms in total. The zero-order valence-corrected chi connectivity index (χ0v) is 56.8. The van der Waals surface area contributed by atoms with E-state index in [2.05, 4.69) is 62.4 Å². The molecule has 6 amide bonds. The first-order chi connectivity index (χ1) is 47.0. The molecule has 0 radical (unpaired) electrons. The third-order valence-electron chi connectivity index (χ3n) is 18.9. The Morgan fingerprint density at radius 3 is 1.61 bits per heavy atom. The van der Waals surface area contributed by atoms with Crippen molar-refractivity contribution in [3.63, 3.8) is 0 Å². The topological polar surface area (TPSA) is 355 Å². The Morgan fingerprint density at radius 2 is 1.08 bits per heavy atom. The minimum atomic E-state index is -0.947. The van der Waals surface area contributed by atoms with Crippen LogP contribution in [0, 0.1) is 0 Å². The van der Waals surface area contributed by atoms with Crippen LogP contribution in [0.1, 0.15) is 184 Å². The molecule has 2 bridgehead atoms. The summed E-state index contributed by atoms with van der Waals surface area (Å²) in [4.78, 5) is 115. The minimum Gasteiger partial charge on any atom is -0.377 e. The average molecular weight is 1340 g/mol. The van der Waals surface area contributed by atoms with Crippen molar-refractivity contribution in [3.8, 4) is 0 Å². The van der Waals surface area contributed by atoms with E-state index < -0.39 is 34.8 Å². The molecule has 1 aliphatic heterocycles. The Bertz CT molecular complexity index is 3620. The van der Waals surface area contributed by atoms with Crippen molar-refractivity contribution in [2.24, 2.45) is 29.4 Å². The number of likely N-dealkylation sites (tertiary alicyclic amines) is 1. The third kappa shape index (κ3) is 19.7. The number of rotatable bonds is 42. The maximum absolute atomic E-state index is 14.5. The molecule has 524 valence electrons. The Morgan fingerprint density at radius 1 is 0.598 bits per heavy atom. The molecular weight excluding hydrogens is 1240 g/mol. The van der Waals surface area contributed by atoms with Gasteiger partial charge in [-0.25, -0.2) is 9.59 Å². The zero-order chi connectivity index (χ0) is 69.3. The number of carbonyl (C=O) groups is 6. The van der Waals surface area contributed by atoms with Gasteiger partial charge in [0, 0.05) is 105 Å². The van der Waals surface area contributed by atoms with E-state index in [4.69, 9.17) is 35.8 Å². The Hall–Kier alpha value is -8.29. The number of carbonyl (C=O) groups excluding carboxylic acids is 6. The van der Waals surface area contributed by atoms with E-state index in [-0.39, 0.29) is 117 Å². The Kier molecular flexibility index (Phi) is 28.8. The molecule has 1 fully saturated rings. The van der Waals surface area contributed by atoms with Gasteiger partial charge in [-0.1, -0.05) is 81.1 Å². The lowest BCUT2D eigenvalue weighted by molar-refractivity contribution is -0.134. The molecule has 25 heteroatoms. The van der Waals surface area contributed by atoms with Crippen LogP contribution in [-0.4, -0.2) is 160 Å². The van der Waals surface area contributed by atoms with E-state index in [1.807, 2.05) is 18.2 Å². The van der Waals surface area contributed by atoms with Gasteiger partial charge in [0.05, 0.1) is 56.6 Å². The van der Waals surface area contributed by atoms with Crippen LogP contribution >= 0.6 is 0 Å². The molecule has 4 aliphatic rings. The first-order valence-electron chi connectivity index (χ1n) is 34.7. The van der Waals surface area contributed by atoms with Crippen molar-refractivity contribution < 1.29 is 47.4 Å². The molecular formula is C72H99N13O12. The molecule has 0 unspecified atom stereocenters. The fourth-order valence-electron chi connectivity index (χ4n) is 13.6. The van der Waals surface area contributed by atoms with Gasteiger partial charge in [-0.2, -0.15) is 0 Å². The van der Waals surface area contributed by atoms with Crippen LogP contribution in [-0.2, 0) is 50.6 Å². The number of likely N-dealkylation sites (N-methyl/N-ethyl adjacent to an activating group) is 2. The number of amides is 6. The summed E-state index contributed by atoms with van der Waals surface area (Å²) in [5, 5.41) is 13.5. The van der Waals surface area contributed by atoms with Crippen molar-refractivity contribution in [3.05, 3.63) is 143 Å². The molecule has 3 aliphatic carbocycles. The van der Waals surface area contributed by atoms with Crippen LogP contribution < -0.4 is 44.5 Å². The summed E-state index contributed by atoms with van der Waals surface area (Å²) >= 11 is 0. The molecule has 0 spiro atoms. The number of hydrogen-bond donors (Lipinski definition) is 6. The SMILES string of the molecule is CN(CCOCCOCCOCCN(C)C(=O)[C@@H]1C[C@H](N=[N+]=[N-])CN1C(=O)c1ccc2c(=O)oc(=O)n(C)c2c1)C(=O)CCC12c3ccc(NC(=O)CCCCCCCN)cc3C(c3ccc(NC(=O)CCCCCCCN)cc31)c1ccc(NC(=O)CCCCCCCN)cc12. The predicted octanol–water partition coefficient (Wildman–Crippen LogP) is 8.69. The van der Waals surface area contributed by atoms with Gasteiger partial charge in [-0.15, -0.1) is 0 Å². The van der Waals surface area contributed by atoms with Crippen molar-refractivity contribution in [2.75, 3.05) is 109 Å². The number of anilines is 3. The summed E-state index contributed by atoms with van der Waals surface area (Å²) in [7, 11) is 4.76. The smallest absolute Gasteiger partial charge is 0.377 e. The Balaban J connectivity index is 0.882. The van der Waals surface area contributed by atoms with Crippen molar-refractivity contribution >= 4 is 63.4 Å². The van der Waals surface area contributed by atoms with Gasteiger partial charge in [0.15, 0.2) is 0 Å². The summed E-state index contributed by atoms with van der Waals surface area (Å²) < 4.78 is 23.3. The van der Waals surface area contributed by atoms with Crippen LogP contribution in [0.2, 0.25) is 0 Å². The van der Waals surface area contributed by atoms with Gasteiger partial charge < -0.3 is 66.5 Å². The number of azide groups is 1. The van der Waals surface area contributed by atoms with Gasteiger partial charge in [0.25, 0.3) is 5.91 Å². The van der Waals surface area contributed by atoms with E-state index in [9.17, 15) is 43.9 Å². The monoisotopic (exact) mass is 1340 g/mol. The molecule has 2 heterocycles. The van der Waals surface area contributed by atoms with Gasteiger partial charge in [-0.3, -0.25) is 33.3 Å². The fourth-order valence-corrected chi connectivity index (χ4v) is 13.6. The maximum atomic E-state index is 14.5. The summed E-state index contributed by atoms with van der Waals surface area (Å²) in [5.41, 5.74) is 32.9. The van der Waals surface area contributed by atoms with E-state index in [1.54, 1.807) is 19.0 Å². The summed E-state index contributed by atoms with van der Waals surface area (Å²) in [6, 6.07) is 20.9. The zero-order valence-electron chi connectivity index (χ0n) is 56.8.